The van der Waals surface area contributed by atoms with Crippen molar-refractivity contribution in [2.45, 2.75) is 26.4 Å². The molecule has 0 atom stereocenters. The van der Waals surface area contributed by atoms with Crippen LogP contribution in [-0.2, 0) is 18.3 Å². The first-order valence-corrected chi connectivity index (χ1v) is 5.03. The highest BCUT2D eigenvalue weighted by atomic mass is 19.4. The van der Waals surface area contributed by atoms with Crippen LogP contribution in [0.2, 0.25) is 0 Å². The molecule has 0 spiro atoms. The Balaban J connectivity index is 2.63. The SMILES string of the molecule is Cc1nn(C)c(C)c1CC(=O)NCC(F)(F)F. The summed E-state index contributed by atoms with van der Waals surface area (Å²) in [5.41, 5.74) is 2.11. The predicted molar refractivity (Wildman–Crippen MR) is 55.5 cm³/mol. The van der Waals surface area contributed by atoms with Crippen LogP contribution in [0.25, 0.3) is 0 Å². The lowest BCUT2D eigenvalue weighted by Gasteiger charge is -2.08. The van der Waals surface area contributed by atoms with Crippen molar-refractivity contribution in [2.75, 3.05) is 6.54 Å². The molecule has 1 rings (SSSR count). The molecular weight excluding hydrogens is 235 g/mol. The number of amides is 1. The first kappa shape index (κ1) is 13.5. The van der Waals surface area contributed by atoms with Crippen molar-refractivity contribution in [1.82, 2.24) is 15.1 Å². The van der Waals surface area contributed by atoms with E-state index >= 15 is 0 Å². The second-order valence-electron chi connectivity index (χ2n) is 3.84. The minimum absolute atomic E-state index is 0.0818. The van der Waals surface area contributed by atoms with E-state index in [0.29, 0.717) is 11.3 Å². The maximum atomic E-state index is 11.9. The van der Waals surface area contributed by atoms with Gasteiger partial charge in [0.2, 0.25) is 5.91 Å². The summed E-state index contributed by atoms with van der Waals surface area (Å²) in [6.45, 7) is 2.19. The maximum absolute atomic E-state index is 11.9. The van der Waals surface area contributed by atoms with Crippen LogP contribution >= 0.6 is 0 Å². The number of nitrogens with one attached hydrogen (secondary N) is 1. The summed E-state index contributed by atoms with van der Waals surface area (Å²) in [6.07, 6.45) is -4.46. The third-order valence-electron chi connectivity index (χ3n) is 2.48. The highest BCUT2D eigenvalue weighted by Gasteiger charge is 2.27. The number of nitrogens with zero attached hydrogens (tertiary/aromatic N) is 2. The number of aryl methyl sites for hydroxylation is 2. The van der Waals surface area contributed by atoms with Crippen LogP contribution in [0, 0.1) is 13.8 Å². The Labute approximate surface area is 96.8 Å². The van der Waals surface area contributed by atoms with Crippen LogP contribution in [0.5, 0.6) is 0 Å². The van der Waals surface area contributed by atoms with Crippen molar-refractivity contribution in [2.24, 2.45) is 7.05 Å². The molecule has 1 aromatic heterocycles. The zero-order valence-corrected chi connectivity index (χ0v) is 9.85. The topological polar surface area (TPSA) is 46.9 Å². The molecule has 17 heavy (non-hydrogen) atoms. The Morgan fingerprint density at radius 1 is 1.41 bits per heavy atom. The van der Waals surface area contributed by atoms with Crippen molar-refractivity contribution in [3.05, 3.63) is 17.0 Å². The molecule has 4 nitrogen and oxygen atoms in total. The fraction of sp³-hybridized carbons (Fsp3) is 0.600. The molecule has 0 unspecified atom stereocenters. The molecule has 0 aliphatic carbocycles. The normalized spacial score (nSPS) is 11.6. The van der Waals surface area contributed by atoms with Crippen LogP contribution in [0.15, 0.2) is 0 Å². The first-order valence-electron chi connectivity index (χ1n) is 5.03. The Kier molecular flexibility index (Phi) is 3.79. The molecule has 0 saturated carbocycles. The highest BCUT2D eigenvalue weighted by Crippen LogP contribution is 2.14. The predicted octanol–water partition coefficient (Wildman–Crippen LogP) is 1.26. The van der Waals surface area contributed by atoms with Gasteiger partial charge in [-0.15, -0.1) is 0 Å². The van der Waals surface area contributed by atoms with Gasteiger partial charge < -0.3 is 5.32 Å². The van der Waals surface area contributed by atoms with Crippen LogP contribution in [0.3, 0.4) is 0 Å². The van der Waals surface area contributed by atoms with E-state index in [0.717, 1.165) is 5.69 Å². The van der Waals surface area contributed by atoms with E-state index in [-0.39, 0.29) is 6.42 Å². The minimum Gasteiger partial charge on any atom is -0.347 e. The molecule has 96 valence electrons. The van der Waals surface area contributed by atoms with Crippen LogP contribution < -0.4 is 5.32 Å². The van der Waals surface area contributed by atoms with Crippen LogP contribution in [-0.4, -0.2) is 28.4 Å². The van der Waals surface area contributed by atoms with Crippen LogP contribution in [0.1, 0.15) is 17.0 Å². The molecular formula is C10H14F3N3O. The van der Waals surface area contributed by atoms with E-state index in [1.165, 1.54) is 0 Å². The zero-order chi connectivity index (χ0) is 13.2. The van der Waals surface area contributed by atoms with Gasteiger partial charge in [0.1, 0.15) is 6.54 Å². The molecule has 1 heterocycles. The van der Waals surface area contributed by atoms with Crippen molar-refractivity contribution >= 4 is 5.91 Å². The fourth-order valence-corrected chi connectivity index (χ4v) is 1.50. The molecule has 0 saturated heterocycles. The number of aromatic nitrogens is 2. The van der Waals surface area contributed by atoms with Crippen LogP contribution in [0.4, 0.5) is 13.2 Å². The summed E-state index contributed by atoms with van der Waals surface area (Å²) >= 11 is 0. The van der Waals surface area contributed by atoms with Gasteiger partial charge in [0.15, 0.2) is 0 Å². The van der Waals surface area contributed by atoms with Gasteiger partial charge in [-0.3, -0.25) is 9.48 Å². The van der Waals surface area contributed by atoms with Gasteiger partial charge in [-0.1, -0.05) is 0 Å². The lowest BCUT2D eigenvalue weighted by atomic mass is 10.1. The number of hydrogen-bond donors (Lipinski definition) is 1. The van der Waals surface area contributed by atoms with E-state index in [1.807, 2.05) is 5.32 Å². The Morgan fingerprint density at radius 3 is 2.41 bits per heavy atom. The third-order valence-corrected chi connectivity index (χ3v) is 2.48. The van der Waals surface area contributed by atoms with Gasteiger partial charge >= 0.3 is 6.18 Å². The quantitative estimate of drug-likeness (QED) is 0.876. The fourth-order valence-electron chi connectivity index (χ4n) is 1.50. The molecule has 0 fully saturated rings. The largest absolute Gasteiger partial charge is 0.405 e. The molecule has 1 aromatic rings. The lowest BCUT2D eigenvalue weighted by Crippen LogP contribution is -2.34. The summed E-state index contributed by atoms with van der Waals surface area (Å²) < 4.78 is 37.3. The van der Waals surface area contributed by atoms with Crippen molar-refractivity contribution < 1.29 is 18.0 Å². The van der Waals surface area contributed by atoms with E-state index in [1.54, 1.807) is 25.6 Å². The molecule has 7 heteroatoms. The standard InChI is InChI=1S/C10H14F3N3O/c1-6-8(7(2)16(3)15-6)4-9(17)14-5-10(11,12)13/h4-5H2,1-3H3,(H,14,17). The second kappa shape index (κ2) is 4.77. The smallest absolute Gasteiger partial charge is 0.347 e. The number of carbonyl (C=O) groups excluding carboxylic acids is 1. The summed E-state index contributed by atoms with van der Waals surface area (Å²) in [4.78, 5) is 11.3. The molecule has 1 N–H and O–H groups in total. The molecule has 0 aromatic carbocycles. The number of halogens is 3. The van der Waals surface area contributed by atoms with Crippen molar-refractivity contribution in [3.63, 3.8) is 0 Å². The lowest BCUT2D eigenvalue weighted by molar-refractivity contribution is -0.138. The maximum Gasteiger partial charge on any atom is 0.405 e. The zero-order valence-electron chi connectivity index (χ0n) is 9.85. The van der Waals surface area contributed by atoms with Crippen molar-refractivity contribution in [3.8, 4) is 0 Å². The van der Waals surface area contributed by atoms with Gasteiger partial charge in [-0.05, 0) is 13.8 Å². The second-order valence-corrected chi connectivity index (χ2v) is 3.84. The van der Waals surface area contributed by atoms with E-state index in [9.17, 15) is 18.0 Å². The molecule has 0 radical (unpaired) electrons. The summed E-state index contributed by atoms with van der Waals surface area (Å²) in [5.74, 6) is -0.651. The average Bonchev–Trinajstić information content (AvgIpc) is 2.41. The van der Waals surface area contributed by atoms with Gasteiger partial charge in [-0.2, -0.15) is 18.3 Å². The first-order chi connectivity index (χ1) is 7.70. The third kappa shape index (κ3) is 3.76. The van der Waals surface area contributed by atoms with Gasteiger partial charge in [0.05, 0.1) is 12.1 Å². The molecule has 0 bridgehead atoms. The summed E-state index contributed by atoms with van der Waals surface area (Å²) in [5, 5.41) is 5.92. The average molecular weight is 249 g/mol. The van der Waals surface area contributed by atoms with Crippen molar-refractivity contribution in [1.29, 1.82) is 0 Å². The monoisotopic (exact) mass is 249 g/mol. The Bertz CT molecular complexity index is 423. The number of rotatable bonds is 3. The van der Waals surface area contributed by atoms with E-state index < -0.39 is 18.6 Å². The Morgan fingerprint density at radius 2 is 2.00 bits per heavy atom. The molecule has 0 aliphatic heterocycles. The summed E-state index contributed by atoms with van der Waals surface area (Å²) in [6, 6.07) is 0. The van der Waals surface area contributed by atoms with Gasteiger partial charge in [0, 0.05) is 18.3 Å². The minimum atomic E-state index is -4.38. The number of alkyl halides is 3. The molecule has 0 aliphatic rings. The van der Waals surface area contributed by atoms with Gasteiger partial charge in [0.25, 0.3) is 0 Å². The molecule has 1 amide bonds. The highest BCUT2D eigenvalue weighted by molar-refractivity contribution is 5.79. The Hall–Kier alpha value is -1.53. The number of hydrogen-bond acceptors (Lipinski definition) is 2. The van der Waals surface area contributed by atoms with E-state index in [4.69, 9.17) is 0 Å². The van der Waals surface area contributed by atoms with Gasteiger partial charge in [-0.25, -0.2) is 0 Å². The number of carbonyl (C=O) groups is 1. The van der Waals surface area contributed by atoms with E-state index in [2.05, 4.69) is 5.10 Å². The summed E-state index contributed by atoms with van der Waals surface area (Å²) in [7, 11) is 1.72.